The summed E-state index contributed by atoms with van der Waals surface area (Å²) in [6.45, 7) is 2.39. The van der Waals surface area contributed by atoms with Gasteiger partial charge in [-0.1, -0.05) is 23.8 Å². The summed E-state index contributed by atoms with van der Waals surface area (Å²) >= 11 is 0.882. The van der Waals surface area contributed by atoms with E-state index in [1.54, 1.807) is 18.2 Å². The van der Waals surface area contributed by atoms with E-state index in [1.807, 2.05) is 31.2 Å². The fourth-order valence-corrected chi connectivity index (χ4v) is 3.38. The average Bonchev–Trinajstić information content (AvgIpc) is 2.92. The monoisotopic (exact) mass is 385 g/mol. The van der Waals surface area contributed by atoms with Gasteiger partial charge in [0.1, 0.15) is 12.4 Å². The van der Waals surface area contributed by atoms with Gasteiger partial charge in [-0.3, -0.25) is 14.5 Å². The number of rotatable bonds is 6. The van der Waals surface area contributed by atoms with E-state index >= 15 is 0 Å². The van der Waals surface area contributed by atoms with Crippen LogP contribution in [-0.2, 0) is 4.79 Å². The van der Waals surface area contributed by atoms with E-state index < -0.39 is 0 Å². The minimum Gasteiger partial charge on any atom is -0.504 e. The van der Waals surface area contributed by atoms with Crippen LogP contribution in [0.15, 0.2) is 47.4 Å². The number of hydrogen-bond acceptors (Lipinski definition) is 6. The molecule has 6 nitrogen and oxygen atoms in total. The van der Waals surface area contributed by atoms with Crippen molar-refractivity contribution < 1.29 is 24.2 Å². The number of benzene rings is 2. The van der Waals surface area contributed by atoms with Crippen LogP contribution < -0.4 is 9.47 Å². The largest absolute Gasteiger partial charge is 0.504 e. The molecule has 1 heterocycles. The summed E-state index contributed by atoms with van der Waals surface area (Å²) in [4.78, 5) is 26.2. The van der Waals surface area contributed by atoms with E-state index in [9.17, 15) is 14.7 Å². The van der Waals surface area contributed by atoms with Gasteiger partial charge < -0.3 is 14.6 Å². The second-order valence-corrected chi connectivity index (χ2v) is 6.92. The third kappa shape index (κ3) is 4.43. The quantitative estimate of drug-likeness (QED) is 0.762. The van der Waals surface area contributed by atoms with Crippen molar-refractivity contribution in [3.05, 3.63) is 58.5 Å². The lowest BCUT2D eigenvalue weighted by molar-refractivity contribution is -0.123. The number of aryl methyl sites for hydroxylation is 1. The fraction of sp³-hybridized carbons (Fsp3) is 0.200. The molecule has 0 atom stereocenters. The molecule has 1 N–H and O–H groups in total. The standard InChI is InChI=1S/C20H19NO5S/c1-13-3-6-15(7-4-13)26-10-9-21-19(23)18(27-20(21)24)12-14-5-8-16(22)17(11-14)25-2/h3-8,11-12,22H,9-10H2,1-2H3/b18-12-. The number of hydrogen-bond donors (Lipinski definition) is 1. The number of carbonyl (C=O) groups is 2. The van der Waals surface area contributed by atoms with Crippen molar-refractivity contribution in [1.29, 1.82) is 0 Å². The molecule has 0 aliphatic carbocycles. The lowest BCUT2D eigenvalue weighted by atomic mass is 10.2. The Morgan fingerprint density at radius 3 is 2.59 bits per heavy atom. The van der Waals surface area contributed by atoms with Crippen LogP contribution in [-0.4, -0.2) is 41.4 Å². The number of ether oxygens (including phenoxy) is 2. The second-order valence-electron chi connectivity index (χ2n) is 5.93. The van der Waals surface area contributed by atoms with Gasteiger partial charge in [0.2, 0.25) is 0 Å². The van der Waals surface area contributed by atoms with Crippen molar-refractivity contribution >= 4 is 29.0 Å². The molecule has 1 aliphatic heterocycles. The number of phenolic OH excluding ortho intramolecular Hbond substituents is 1. The third-order valence-electron chi connectivity index (χ3n) is 3.98. The van der Waals surface area contributed by atoms with Gasteiger partial charge in [-0.15, -0.1) is 0 Å². The number of phenols is 1. The molecule has 0 radical (unpaired) electrons. The zero-order valence-corrected chi connectivity index (χ0v) is 15.8. The minimum atomic E-state index is -0.357. The average molecular weight is 385 g/mol. The summed E-state index contributed by atoms with van der Waals surface area (Å²) in [6.07, 6.45) is 1.60. The topological polar surface area (TPSA) is 76.1 Å². The highest BCUT2D eigenvalue weighted by molar-refractivity contribution is 8.18. The summed E-state index contributed by atoms with van der Waals surface area (Å²) in [7, 11) is 1.45. The van der Waals surface area contributed by atoms with Crippen LogP contribution in [0.25, 0.3) is 6.08 Å². The van der Waals surface area contributed by atoms with Gasteiger partial charge in [-0.05, 0) is 54.6 Å². The molecule has 1 aliphatic rings. The number of carbonyl (C=O) groups excluding carboxylic acids is 2. The molecular weight excluding hydrogens is 366 g/mol. The van der Waals surface area contributed by atoms with Crippen molar-refractivity contribution in [2.45, 2.75) is 6.92 Å². The minimum absolute atomic E-state index is 0.0102. The van der Waals surface area contributed by atoms with Gasteiger partial charge in [0, 0.05) is 0 Å². The first-order chi connectivity index (χ1) is 13.0. The van der Waals surface area contributed by atoms with E-state index in [-0.39, 0.29) is 30.0 Å². The highest BCUT2D eigenvalue weighted by Crippen LogP contribution is 2.34. The predicted octanol–water partition coefficient (Wildman–Crippen LogP) is 3.82. The number of thioether (sulfide) groups is 1. The molecule has 0 aromatic heterocycles. The Hall–Kier alpha value is -2.93. The zero-order valence-electron chi connectivity index (χ0n) is 15.0. The normalized spacial score (nSPS) is 15.5. The maximum absolute atomic E-state index is 12.5. The van der Waals surface area contributed by atoms with Crippen LogP contribution >= 0.6 is 11.8 Å². The fourth-order valence-electron chi connectivity index (χ4n) is 2.52. The molecule has 7 heteroatoms. The molecule has 0 spiro atoms. The first-order valence-electron chi connectivity index (χ1n) is 8.30. The Balaban J connectivity index is 1.65. The van der Waals surface area contributed by atoms with E-state index in [0.29, 0.717) is 22.0 Å². The molecule has 2 amide bonds. The maximum Gasteiger partial charge on any atom is 0.293 e. The smallest absolute Gasteiger partial charge is 0.293 e. The summed E-state index contributed by atoms with van der Waals surface area (Å²) in [5.41, 5.74) is 1.79. The highest BCUT2D eigenvalue weighted by Gasteiger charge is 2.34. The number of amides is 2. The van der Waals surface area contributed by atoms with Gasteiger partial charge in [0.15, 0.2) is 11.5 Å². The Kier molecular flexibility index (Phi) is 5.71. The Morgan fingerprint density at radius 2 is 1.89 bits per heavy atom. The molecular formula is C20H19NO5S. The molecule has 2 aromatic rings. The number of aromatic hydroxyl groups is 1. The Labute approximate surface area is 161 Å². The molecule has 0 bridgehead atoms. The van der Waals surface area contributed by atoms with Crippen LogP contribution in [0.1, 0.15) is 11.1 Å². The summed E-state index contributed by atoms with van der Waals surface area (Å²) in [6, 6.07) is 12.3. The maximum atomic E-state index is 12.5. The first-order valence-corrected chi connectivity index (χ1v) is 9.11. The summed E-state index contributed by atoms with van der Waals surface area (Å²) in [5, 5.41) is 9.31. The summed E-state index contributed by atoms with van der Waals surface area (Å²) < 4.78 is 10.7. The van der Waals surface area contributed by atoms with E-state index in [1.165, 1.54) is 18.1 Å². The predicted molar refractivity (Wildman–Crippen MR) is 104 cm³/mol. The molecule has 1 fully saturated rings. The molecule has 2 aromatic carbocycles. The molecule has 140 valence electrons. The molecule has 1 saturated heterocycles. The van der Waals surface area contributed by atoms with E-state index in [2.05, 4.69) is 0 Å². The second kappa shape index (κ2) is 8.18. The summed E-state index contributed by atoms with van der Waals surface area (Å²) in [5.74, 6) is 0.648. The number of imide groups is 1. The van der Waals surface area contributed by atoms with Crippen molar-refractivity contribution in [2.24, 2.45) is 0 Å². The van der Waals surface area contributed by atoms with Crippen LogP contribution in [0.5, 0.6) is 17.2 Å². The Bertz CT molecular complexity index is 892. The van der Waals surface area contributed by atoms with E-state index in [4.69, 9.17) is 9.47 Å². The van der Waals surface area contributed by atoms with Gasteiger partial charge >= 0.3 is 0 Å². The highest BCUT2D eigenvalue weighted by atomic mass is 32.2. The van der Waals surface area contributed by atoms with Gasteiger partial charge in [0.05, 0.1) is 18.6 Å². The van der Waals surface area contributed by atoms with Crippen molar-refractivity contribution in [3.8, 4) is 17.2 Å². The lowest BCUT2D eigenvalue weighted by Gasteiger charge is -2.13. The van der Waals surface area contributed by atoms with Gasteiger partial charge in [0.25, 0.3) is 11.1 Å². The SMILES string of the molecule is COc1cc(/C=C2\SC(=O)N(CCOc3ccc(C)cc3)C2=O)ccc1O. The molecule has 0 saturated carbocycles. The van der Waals surface area contributed by atoms with Crippen molar-refractivity contribution in [3.63, 3.8) is 0 Å². The molecule has 3 rings (SSSR count). The third-order valence-corrected chi connectivity index (χ3v) is 4.89. The molecule has 27 heavy (non-hydrogen) atoms. The van der Waals surface area contributed by atoms with Crippen molar-refractivity contribution in [1.82, 2.24) is 4.90 Å². The van der Waals surface area contributed by atoms with Gasteiger partial charge in [-0.2, -0.15) is 0 Å². The van der Waals surface area contributed by atoms with E-state index in [0.717, 1.165) is 17.3 Å². The zero-order chi connectivity index (χ0) is 19.4. The van der Waals surface area contributed by atoms with Crippen molar-refractivity contribution in [2.75, 3.05) is 20.3 Å². The van der Waals surface area contributed by atoms with Crippen LogP contribution in [0, 0.1) is 6.92 Å². The Morgan fingerprint density at radius 1 is 1.15 bits per heavy atom. The van der Waals surface area contributed by atoms with Gasteiger partial charge in [-0.25, -0.2) is 0 Å². The van der Waals surface area contributed by atoms with Crippen LogP contribution in [0.2, 0.25) is 0 Å². The number of nitrogens with zero attached hydrogens (tertiary/aromatic N) is 1. The number of methoxy groups -OCH3 is 1. The van der Waals surface area contributed by atoms with Crippen LogP contribution in [0.3, 0.4) is 0 Å². The lowest BCUT2D eigenvalue weighted by Crippen LogP contribution is -2.32. The first kappa shape index (κ1) is 18.8. The molecule has 0 unspecified atom stereocenters. The van der Waals surface area contributed by atoms with Crippen LogP contribution in [0.4, 0.5) is 4.79 Å².